The van der Waals surface area contributed by atoms with Crippen LogP contribution in [0.4, 0.5) is 5.69 Å². The van der Waals surface area contributed by atoms with Gasteiger partial charge in [-0.1, -0.05) is 35.5 Å². The largest absolute Gasteiger partial charge is 0.497 e. The Labute approximate surface area is 177 Å². The summed E-state index contributed by atoms with van der Waals surface area (Å²) >= 11 is 6.90. The van der Waals surface area contributed by atoms with E-state index in [1.165, 1.54) is 0 Å². The standard InChI is InChI=1S/C20H19ClN4O3S/c1-12(13-3-5-14(21)6-4-13)23-24-20(22)29-17-11-18(26)25(19(17)27)15-7-9-16(28-2)10-8-15/h3-10,17H,11H2,1-2H3,(H2,22,24)/b23-12-/t17-/m1/s1. The molecule has 3 rings (SSSR count). The number of hydrogen-bond acceptors (Lipinski definition) is 6. The average Bonchev–Trinajstić information content (AvgIpc) is 2.99. The third-order valence-corrected chi connectivity index (χ3v) is 5.49. The molecule has 2 amide bonds. The quantitative estimate of drug-likeness (QED) is 0.339. The Morgan fingerprint density at radius 2 is 1.79 bits per heavy atom. The number of amidine groups is 1. The first-order chi connectivity index (χ1) is 13.9. The van der Waals surface area contributed by atoms with Gasteiger partial charge in [-0.3, -0.25) is 9.59 Å². The van der Waals surface area contributed by atoms with Crippen LogP contribution in [0.5, 0.6) is 5.75 Å². The molecule has 1 aliphatic rings. The normalized spacial score (nSPS) is 17.8. The van der Waals surface area contributed by atoms with Crippen LogP contribution in [0.15, 0.2) is 58.7 Å². The maximum absolute atomic E-state index is 12.7. The maximum Gasteiger partial charge on any atom is 0.247 e. The van der Waals surface area contributed by atoms with Crippen molar-refractivity contribution in [1.82, 2.24) is 0 Å². The molecule has 0 radical (unpaired) electrons. The number of nitrogens with two attached hydrogens (primary N) is 1. The lowest BCUT2D eigenvalue weighted by atomic mass is 10.1. The number of nitrogens with zero attached hydrogens (tertiary/aromatic N) is 3. The summed E-state index contributed by atoms with van der Waals surface area (Å²) in [5.41, 5.74) is 7.92. The lowest BCUT2D eigenvalue weighted by Crippen LogP contribution is -2.31. The van der Waals surface area contributed by atoms with Gasteiger partial charge in [0, 0.05) is 11.4 Å². The molecule has 0 saturated carbocycles. The summed E-state index contributed by atoms with van der Waals surface area (Å²) in [5.74, 6) is 0.0251. The van der Waals surface area contributed by atoms with Crippen molar-refractivity contribution in [3.8, 4) is 5.75 Å². The topological polar surface area (TPSA) is 97.3 Å². The van der Waals surface area contributed by atoms with Crippen LogP contribution in [0.3, 0.4) is 0 Å². The monoisotopic (exact) mass is 430 g/mol. The Morgan fingerprint density at radius 1 is 1.14 bits per heavy atom. The molecular formula is C20H19ClN4O3S. The van der Waals surface area contributed by atoms with E-state index in [0.29, 0.717) is 22.2 Å². The van der Waals surface area contributed by atoms with Gasteiger partial charge in [0.2, 0.25) is 11.8 Å². The van der Waals surface area contributed by atoms with Crippen molar-refractivity contribution in [2.75, 3.05) is 12.0 Å². The van der Waals surface area contributed by atoms with Crippen LogP contribution in [0, 0.1) is 0 Å². The highest BCUT2D eigenvalue weighted by Gasteiger charge is 2.40. The van der Waals surface area contributed by atoms with Crippen molar-refractivity contribution >= 4 is 51.7 Å². The van der Waals surface area contributed by atoms with E-state index < -0.39 is 5.25 Å². The second kappa shape index (κ2) is 9.11. The Hall–Kier alpha value is -2.84. The highest BCUT2D eigenvalue weighted by molar-refractivity contribution is 8.14. The molecule has 0 spiro atoms. The third-order valence-electron chi connectivity index (χ3n) is 4.26. The number of ether oxygens (including phenoxy) is 1. The number of benzene rings is 2. The van der Waals surface area contributed by atoms with Crippen molar-refractivity contribution in [3.63, 3.8) is 0 Å². The molecule has 1 saturated heterocycles. The van der Waals surface area contributed by atoms with Crippen LogP contribution >= 0.6 is 23.4 Å². The summed E-state index contributed by atoms with van der Waals surface area (Å²) in [6.45, 7) is 1.79. The van der Waals surface area contributed by atoms with Crippen LogP contribution in [0.1, 0.15) is 18.9 Å². The number of amides is 2. The first kappa shape index (κ1) is 20.9. The molecule has 1 atom stereocenters. The molecule has 150 valence electrons. The Kier molecular flexibility index (Phi) is 6.56. The molecule has 9 heteroatoms. The van der Waals surface area contributed by atoms with E-state index >= 15 is 0 Å². The van der Waals surface area contributed by atoms with Crippen molar-refractivity contribution in [2.45, 2.75) is 18.6 Å². The molecule has 1 aliphatic heterocycles. The molecule has 0 bridgehead atoms. The molecule has 0 aliphatic carbocycles. The minimum atomic E-state index is -0.639. The first-order valence-electron chi connectivity index (χ1n) is 8.70. The number of hydrogen-bond donors (Lipinski definition) is 1. The highest BCUT2D eigenvalue weighted by atomic mass is 35.5. The molecule has 2 aromatic rings. The van der Waals surface area contributed by atoms with E-state index in [9.17, 15) is 9.59 Å². The van der Waals surface area contributed by atoms with Gasteiger partial charge in [0.05, 0.1) is 18.5 Å². The average molecular weight is 431 g/mol. The number of carbonyl (C=O) groups excluding carboxylic acids is 2. The minimum absolute atomic E-state index is 0.0473. The summed E-state index contributed by atoms with van der Waals surface area (Å²) < 4.78 is 5.10. The van der Waals surface area contributed by atoms with Crippen molar-refractivity contribution in [2.24, 2.45) is 15.9 Å². The van der Waals surface area contributed by atoms with Gasteiger partial charge < -0.3 is 10.5 Å². The zero-order chi connectivity index (χ0) is 21.0. The molecular weight excluding hydrogens is 412 g/mol. The zero-order valence-electron chi connectivity index (χ0n) is 15.8. The highest BCUT2D eigenvalue weighted by Crippen LogP contribution is 2.30. The molecule has 1 heterocycles. The smallest absolute Gasteiger partial charge is 0.247 e. The van der Waals surface area contributed by atoms with Crippen LogP contribution in [0.2, 0.25) is 5.02 Å². The van der Waals surface area contributed by atoms with E-state index in [-0.39, 0.29) is 23.4 Å². The van der Waals surface area contributed by atoms with Gasteiger partial charge in [-0.2, -0.15) is 5.10 Å². The van der Waals surface area contributed by atoms with Crippen molar-refractivity contribution in [3.05, 3.63) is 59.1 Å². The minimum Gasteiger partial charge on any atom is -0.497 e. The molecule has 0 unspecified atom stereocenters. The third kappa shape index (κ3) is 4.96. The van der Waals surface area contributed by atoms with Gasteiger partial charge in [0.25, 0.3) is 0 Å². The number of anilines is 1. The summed E-state index contributed by atoms with van der Waals surface area (Å²) in [6, 6.07) is 13.9. The van der Waals surface area contributed by atoms with Gasteiger partial charge >= 0.3 is 0 Å². The van der Waals surface area contributed by atoms with Gasteiger partial charge in [-0.25, -0.2) is 4.90 Å². The summed E-state index contributed by atoms with van der Waals surface area (Å²) in [5, 5.41) is 8.18. The summed E-state index contributed by atoms with van der Waals surface area (Å²) in [7, 11) is 1.55. The van der Waals surface area contributed by atoms with E-state index in [1.807, 2.05) is 12.1 Å². The van der Waals surface area contributed by atoms with Gasteiger partial charge in [-0.05, 0) is 48.9 Å². The molecule has 7 nitrogen and oxygen atoms in total. The molecule has 2 N–H and O–H groups in total. The SMILES string of the molecule is COc1ccc(N2C(=O)C[C@@H](SC(N)=N/N=C(/C)c3ccc(Cl)cc3)C2=O)cc1. The Bertz CT molecular complexity index is 974. The van der Waals surface area contributed by atoms with Gasteiger partial charge in [-0.15, -0.1) is 5.10 Å². The van der Waals surface area contributed by atoms with Crippen molar-refractivity contribution in [1.29, 1.82) is 0 Å². The van der Waals surface area contributed by atoms with Gasteiger partial charge in [0.15, 0.2) is 5.17 Å². The Balaban J connectivity index is 1.68. The summed E-state index contributed by atoms with van der Waals surface area (Å²) in [4.78, 5) is 26.2. The first-order valence-corrected chi connectivity index (χ1v) is 9.96. The van der Waals surface area contributed by atoms with Crippen LogP contribution in [-0.2, 0) is 9.59 Å². The second-order valence-electron chi connectivity index (χ2n) is 6.21. The molecule has 1 fully saturated rings. The van der Waals surface area contributed by atoms with E-state index in [0.717, 1.165) is 22.2 Å². The number of thioether (sulfide) groups is 1. The number of halogens is 1. The van der Waals surface area contributed by atoms with Gasteiger partial charge in [0.1, 0.15) is 11.0 Å². The maximum atomic E-state index is 12.7. The fraction of sp³-hybridized carbons (Fsp3) is 0.200. The summed E-state index contributed by atoms with van der Waals surface area (Å²) in [6.07, 6.45) is 0.0473. The second-order valence-corrected chi connectivity index (χ2v) is 7.87. The lowest BCUT2D eigenvalue weighted by Gasteiger charge is -2.15. The lowest BCUT2D eigenvalue weighted by molar-refractivity contribution is -0.121. The van der Waals surface area contributed by atoms with Crippen molar-refractivity contribution < 1.29 is 14.3 Å². The molecule has 2 aromatic carbocycles. The van der Waals surface area contributed by atoms with Crippen LogP contribution in [-0.4, -0.2) is 35.1 Å². The fourth-order valence-corrected chi connectivity index (χ4v) is 3.68. The number of imide groups is 1. The van der Waals surface area contributed by atoms with E-state index in [4.69, 9.17) is 22.1 Å². The number of methoxy groups -OCH3 is 1. The number of carbonyl (C=O) groups is 2. The molecule has 29 heavy (non-hydrogen) atoms. The Morgan fingerprint density at radius 3 is 2.41 bits per heavy atom. The van der Waals surface area contributed by atoms with E-state index in [1.54, 1.807) is 50.4 Å². The predicted molar refractivity (Wildman–Crippen MR) is 117 cm³/mol. The van der Waals surface area contributed by atoms with Crippen LogP contribution in [0.25, 0.3) is 0 Å². The predicted octanol–water partition coefficient (Wildman–Crippen LogP) is 3.45. The molecule has 0 aromatic heterocycles. The van der Waals surface area contributed by atoms with E-state index in [2.05, 4.69) is 10.2 Å². The van der Waals surface area contributed by atoms with Crippen LogP contribution < -0.4 is 15.4 Å². The fourth-order valence-electron chi connectivity index (χ4n) is 2.74. The number of rotatable bonds is 5. The zero-order valence-corrected chi connectivity index (χ0v) is 17.4.